The first-order valence-corrected chi connectivity index (χ1v) is 18.4. The summed E-state index contributed by atoms with van der Waals surface area (Å²) in [7, 11) is 0. The van der Waals surface area contributed by atoms with Gasteiger partial charge in [-0.1, -0.05) is 0 Å². The van der Waals surface area contributed by atoms with E-state index >= 15 is 0 Å². The molecule has 0 spiro atoms. The Labute approximate surface area is 167 Å². The van der Waals surface area contributed by atoms with Crippen molar-refractivity contribution in [2.45, 2.75) is 98.3 Å². The van der Waals surface area contributed by atoms with E-state index in [0.717, 1.165) is 0 Å². The number of hydrogen-bond acceptors (Lipinski definition) is 1. The van der Waals surface area contributed by atoms with Gasteiger partial charge in [-0.05, 0) is 0 Å². The molecule has 0 saturated heterocycles. The molecule has 0 fully saturated rings. The fourth-order valence-corrected chi connectivity index (χ4v) is 17.9. The molecule has 0 unspecified atom stereocenters. The van der Waals surface area contributed by atoms with Gasteiger partial charge in [0, 0.05) is 0 Å². The van der Waals surface area contributed by atoms with E-state index in [4.69, 9.17) is 3.07 Å². The second-order valence-electron chi connectivity index (χ2n) is 8.07. The number of benzene rings is 1. The Morgan fingerprint density at radius 1 is 0.769 bits per heavy atom. The standard InChI is InChI=1S/C12H14O.3C4H9.Sn/c13-12-9-5-4-8-11(12)10-6-2-1-3-7-10;3*1-3-4-2;/h1-3,6-7,13H,4-5,8-9H2;3*1,3-4H2,2H3;/q;;;;+1/p-1. The van der Waals surface area contributed by atoms with Crippen LogP contribution in [-0.4, -0.2) is 18.8 Å². The van der Waals surface area contributed by atoms with Crippen molar-refractivity contribution in [3.63, 3.8) is 0 Å². The average Bonchev–Trinajstić information content (AvgIpc) is 2.70. The molecule has 0 N–H and O–H groups in total. The molecular formula is C24H40OSn. The number of allylic oxidation sites excluding steroid dienone is 2. The zero-order valence-corrected chi connectivity index (χ0v) is 20.3. The van der Waals surface area contributed by atoms with Crippen LogP contribution in [0.15, 0.2) is 36.1 Å². The van der Waals surface area contributed by atoms with Gasteiger partial charge in [-0.3, -0.25) is 0 Å². The summed E-state index contributed by atoms with van der Waals surface area (Å²) in [5.74, 6) is 1.40. The van der Waals surface area contributed by atoms with Gasteiger partial charge in [0.25, 0.3) is 0 Å². The van der Waals surface area contributed by atoms with Crippen LogP contribution in [0, 0.1) is 0 Å². The van der Waals surface area contributed by atoms with Gasteiger partial charge in [0.15, 0.2) is 0 Å². The Morgan fingerprint density at radius 2 is 1.31 bits per heavy atom. The van der Waals surface area contributed by atoms with Crippen molar-refractivity contribution in [3.05, 3.63) is 41.7 Å². The predicted molar refractivity (Wildman–Crippen MR) is 118 cm³/mol. The Hall–Kier alpha value is -0.441. The van der Waals surface area contributed by atoms with Gasteiger partial charge in [0.05, 0.1) is 0 Å². The first-order chi connectivity index (χ1) is 12.7. The predicted octanol–water partition coefficient (Wildman–Crippen LogP) is 8.33. The third-order valence-electron chi connectivity index (χ3n) is 5.84. The van der Waals surface area contributed by atoms with Gasteiger partial charge in [-0.25, -0.2) is 0 Å². The molecule has 0 aromatic heterocycles. The first-order valence-electron chi connectivity index (χ1n) is 11.2. The molecule has 146 valence electrons. The molecule has 0 radical (unpaired) electrons. The van der Waals surface area contributed by atoms with Gasteiger partial charge in [0.1, 0.15) is 0 Å². The topological polar surface area (TPSA) is 9.23 Å². The van der Waals surface area contributed by atoms with Crippen LogP contribution in [0.3, 0.4) is 0 Å². The summed E-state index contributed by atoms with van der Waals surface area (Å²) in [5.41, 5.74) is 2.94. The molecule has 1 nitrogen and oxygen atoms in total. The quantitative estimate of drug-likeness (QED) is 0.283. The van der Waals surface area contributed by atoms with Crippen LogP contribution in [-0.2, 0) is 3.07 Å². The van der Waals surface area contributed by atoms with Crippen LogP contribution >= 0.6 is 0 Å². The van der Waals surface area contributed by atoms with E-state index in [1.54, 1.807) is 0 Å². The van der Waals surface area contributed by atoms with Crippen molar-refractivity contribution in [2.24, 2.45) is 0 Å². The molecule has 0 heterocycles. The number of rotatable bonds is 12. The van der Waals surface area contributed by atoms with Crippen LogP contribution < -0.4 is 0 Å². The monoisotopic (exact) mass is 464 g/mol. The molecule has 1 aliphatic carbocycles. The molecule has 26 heavy (non-hydrogen) atoms. The van der Waals surface area contributed by atoms with Crippen LogP contribution in [0.5, 0.6) is 0 Å². The SMILES string of the molecule is CCC[CH2][Sn]([CH2]CCC)([CH2]CCC)[O]C1=C(c2ccccc2)CCCC1. The van der Waals surface area contributed by atoms with E-state index in [0.29, 0.717) is 0 Å². The van der Waals surface area contributed by atoms with Crippen LogP contribution in [0.2, 0.25) is 13.3 Å². The van der Waals surface area contributed by atoms with E-state index in [1.807, 2.05) is 0 Å². The summed E-state index contributed by atoms with van der Waals surface area (Å²) in [6.45, 7) is 7.02. The van der Waals surface area contributed by atoms with Crippen LogP contribution in [0.4, 0.5) is 0 Å². The molecule has 1 aromatic carbocycles. The van der Waals surface area contributed by atoms with E-state index in [2.05, 4.69) is 51.1 Å². The molecule has 0 aliphatic heterocycles. The maximum atomic E-state index is 7.24. The fraction of sp³-hybridized carbons (Fsp3) is 0.667. The summed E-state index contributed by atoms with van der Waals surface area (Å²) in [6, 6.07) is 11.0. The normalized spacial score (nSPS) is 15.3. The summed E-state index contributed by atoms with van der Waals surface area (Å²) in [5, 5.41) is 0. The van der Waals surface area contributed by atoms with Crippen molar-refractivity contribution < 1.29 is 3.07 Å². The van der Waals surface area contributed by atoms with Gasteiger partial charge < -0.3 is 0 Å². The van der Waals surface area contributed by atoms with Crippen molar-refractivity contribution in [1.82, 2.24) is 0 Å². The van der Waals surface area contributed by atoms with E-state index in [-0.39, 0.29) is 0 Å². The minimum atomic E-state index is -2.57. The molecule has 0 saturated carbocycles. The zero-order valence-electron chi connectivity index (χ0n) is 17.5. The number of unbranched alkanes of at least 4 members (excludes halogenated alkanes) is 3. The molecule has 0 amide bonds. The molecule has 0 bridgehead atoms. The first kappa shape index (κ1) is 21.9. The van der Waals surface area contributed by atoms with Crippen LogP contribution in [0.25, 0.3) is 5.57 Å². The maximum absolute atomic E-state index is 7.24. The second kappa shape index (κ2) is 12.1. The Balaban J connectivity index is 2.30. The van der Waals surface area contributed by atoms with Crippen molar-refractivity contribution in [3.8, 4) is 0 Å². The Bertz CT molecular complexity index is 513. The average molecular weight is 463 g/mol. The summed E-state index contributed by atoms with van der Waals surface area (Å²) in [4.78, 5) is 0. The molecular weight excluding hydrogens is 423 g/mol. The second-order valence-corrected chi connectivity index (χ2v) is 19.7. The Kier molecular flexibility index (Phi) is 10.2. The van der Waals surface area contributed by atoms with Gasteiger partial charge in [-0.2, -0.15) is 0 Å². The molecule has 1 aliphatic rings. The van der Waals surface area contributed by atoms with Gasteiger partial charge >= 0.3 is 167 Å². The number of hydrogen-bond donors (Lipinski definition) is 0. The fourth-order valence-electron chi connectivity index (χ4n) is 4.22. The third kappa shape index (κ3) is 6.62. The van der Waals surface area contributed by atoms with Crippen molar-refractivity contribution in [1.29, 1.82) is 0 Å². The minimum absolute atomic E-state index is 1.17. The summed E-state index contributed by atoms with van der Waals surface area (Å²) >= 11 is -2.57. The van der Waals surface area contributed by atoms with Crippen molar-refractivity contribution in [2.75, 3.05) is 0 Å². The summed E-state index contributed by atoms with van der Waals surface area (Å²) < 4.78 is 11.5. The van der Waals surface area contributed by atoms with Crippen LogP contribution in [0.1, 0.15) is 90.5 Å². The van der Waals surface area contributed by atoms with E-state index in [9.17, 15) is 0 Å². The molecule has 2 heteroatoms. The van der Waals surface area contributed by atoms with Gasteiger partial charge in [-0.15, -0.1) is 0 Å². The van der Waals surface area contributed by atoms with E-state index in [1.165, 1.54) is 94.4 Å². The Morgan fingerprint density at radius 3 is 1.85 bits per heavy atom. The zero-order chi connectivity index (χ0) is 18.7. The third-order valence-corrected chi connectivity index (χ3v) is 18.6. The molecule has 0 atom stereocenters. The summed E-state index contributed by atoms with van der Waals surface area (Å²) in [6.07, 6.45) is 13.1. The molecule has 1 aromatic rings. The van der Waals surface area contributed by atoms with Gasteiger partial charge in [0.2, 0.25) is 0 Å². The van der Waals surface area contributed by atoms with E-state index < -0.39 is 18.8 Å². The molecule has 2 rings (SSSR count). The van der Waals surface area contributed by atoms with Crippen molar-refractivity contribution >= 4 is 24.4 Å².